The third-order valence-corrected chi connectivity index (χ3v) is 6.14. The molecule has 0 radical (unpaired) electrons. The lowest BCUT2D eigenvalue weighted by Gasteiger charge is -2.13. The highest BCUT2D eigenvalue weighted by Crippen LogP contribution is 2.38. The van der Waals surface area contributed by atoms with Crippen molar-refractivity contribution in [2.45, 2.75) is 39.2 Å². The van der Waals surface area contributed by atoms with Crippen molar-refractivity contribution in [3.63, 3.8) is 0 Å². The first-order valence-electron chi connectivity index (χ1n) is 9.99. The van der Waals surface area contributed by atoms with Gasteiger partial charge in [-0.25, -0.2) is 4.79 Å². The number of thiophene rings is 1. The Kier molecular flexibility index (Phi) is 7.51. The lowest BCUT2D eigenvalue weighted by molar-refractivity contribution is -0.124. The molecular weight excluding hydrogens is 420 g/mol. The van der Waals surface area contributed by atoms with Crippen molar-refractivity contribution >= 4 is 34.1 Å². The number of anilines is 1. The fraction of sp³-hybridized carbons (Fsp3) is 0.409. The Morgan fingerprint density at radius 2 is 1.81 bits per heavy atom. The summed E-state index contributed by atoms with van der Waals surface area (Å²) in [6, 6.07) is 5.33. The third-order valence-electron chi connectivity index (χ3n) is 4.94. The van der Waals surface area contributed by atoms with E-state index in [9.17, 15) is 14.4 Å². The Hall–Kier alpha value is -3.07. The number of nitrogens with one attached hydrogen (secondary N) is 2. The molecule has 1 aliphatic rings. The van der Waals surface area contributed by atoms with Crippen molar-refractivity contribution in [3.8, 4) is 11.5 Å². The molecule has 31 heavy (non-hydrogen) atoms. The number of carbonyl (C=O) groups excluding carboxylic acids is 3. The molecule has 0 aliphatic heterocycles. The third kappa shape index (κ3) is 5.55. The molecule has 0 bridgehead atoms. The number of aryl methyl sites for hydroxylation is 1. The number of hydrogen-bond donors (Lipinski definition) is 2. The zero-order chi connectivity index (χ0) is 22.4. The van der Waals surface area contributed by atoms with Crippen LogP contribution in [0.5, 0.6) is 11.5 Å². The summed E-state index contributed by atoms with van der Waals surface area (Å²) in [5.74, 6) is -0.105. The second-order valence-corrected chi connectivity index (χ2v) is 8.24. The van der Waals surface area contributed by atoms with E-state index in [1.54, 1.807) is 19.2 Å². The van der Waals surface area contributed by atoms with Gasteiger partial charge >= 0.3 is 5.97 Å². The molecule has 9 heteroatoms. The smallest absolute Gasteiger partial charge is 0.341 e. The lowest BCUT2D eigenvalue weighted by atomic mass is 9.95. The number of esters is 1. The van der Waals surface area contributed by atoms with Crippen molar-refractivity contribution < 1.29 is 28.6 Å². The maximum absolute atomic E-state index is 12.7. The van der Waals surface area contributed by atoms with Gasteiger partial charge in [0.05, 0.1) is 19.8 Å². The number of rotatable bonds is 8. The normalized spacial score (nSPS) is 12.5. The van der Waals surface area contributed by atoms with Gasteiger partial charge < -0.3 is 24.8 Å². The van der Waals surface area contributed by atoms with E-state index in [2.05, 4.69) is 10.6 Å². The van der Waals surface area contributed by atoms with E-state index in [0.29, 0.717) is 22.1 Å². The first-order valence-corrected chi connectivity index (χ1v) is 10.8. The summed E-state index contributed by atoms with van der Waals surface area (Å²) in [6.45, 7) is 1.24. The van der Waals surface area contributed by atoms with Gasteiger partial charge in [-0.2, -0.15) is 0 Å². The van der Waals surface area contributed by atoms with E-state index in [1.165, 1.54) is 25.4 Å². The molecule has 1 heterocycles. The molecule has 0 fully saturated rings. The van der Waals surface area contributed by atoms with E-state index >= 15 is 0 Å². The summed E-state index contributed by atoms with van der Waals surface area (Å²) in [6.07, 6.45) is 3.68. The summed E-state index contributed by atoms with van der Waals surface area (Å²) < 4.78 is 15.7. The highest BCUT2D eigenvalue weighted by Gasteiger charge is 2.27. The molecule has 166 valence electrons. The second-order valence-electron chi connectivity index (χ2n) is 7.14. The minimum Gasteiger partial charge on any atom is -0.493 e. The average Bonchev–Trinajstić information content (AvgIpc) is 3.12. The summed E-state index contributed by atoms with van der Waals surface area (Å²) >= 11 is 1.41. The molecule has 0 spiro atoms. The Balaban J connectivity index is 1.60. The number of hydrogen-bond acceptors (Lipinski definition) is 7. The van der Waals surface area contributed by atoms with Crippen LogP contribution in [0.4, 0.5) is 5.00 Å². The molecule has 3 rings (SSSR count). The molecule has 0 saturated heterocycles. The molecule has 1 aromatic carbocycles. The van der Waals surface area contributed by atoms with Gasteiger partial charge in [0.25, 0.3) is 5.91 Å². The van der Waals surface area contributed by atoms with E-state index in [1.807, 2.05) is 6.07 Å². The molecule has 0 unspecified atom stereocenters. The summed E-state index contributed by atoms with van der Waals surface area (Å²) in [5, 5.41) is 5.94. The number of benzene rings is 1. The minimum atomic E-state index is -0.593. The van der Waals surface area contributed by atoms with Gasteiger partial charge in [-0.05, 0) is 48.9 Å². The Bertz CT molecular complexity index is 985. The van der Waals surface area contributed by atoms with Crippen molar-refractivity contribution in [1.82, 2.24) is 5.32 Å². The fourth-order valence-electron chi connectivity index (χ4n) is 3.48. The van der Waals surface area contributed by atoms with Crippen molar-refractivity contribution in [2.24, 2.45) is 0 Å². The van der Waals surface area contributed by atoms with Crippen LogP contribution >= 0.6 is 11.3 Å². The molecule has 2 N–H and O–H groups in total. The van der Waals surface area contributed by atoms with Crippen LogP contribution in [-0.2, 0) is 33.7 Å². The van der Waals surface area contributed by atoms with Crippen LogP contribution < -0.4 is 20.1 Å². The largest absolute Gasteiger partial charge is 0.493 e. The predicted molar refractivity (Wildman–Crippen MR) is 117 cm³/mol. The number of fused-ring (bicyclic) bond motifs is 1. The van der Waals surface area contributed by atoms with Crippen molar-refractivity contribution in [3.05, 3.63) is 39.8 Å². The Morgan fingerprint density at radius 3 is 2.52 bits per heavy atom. The maximum Gasteiger partial charge on any atom is 0.341 e. The molecular formula is C22H26N2O6S. The SMILES string of the molecule is COc1ccc(CNC(=O)COC(=O)c2c(NC(C)=O)sc3c2CCCC3)cc1OC. The Labute approximate surface area is 184 Å². The second kappa shape index (κ2) is 10.3. The summed E-state index contributed by atoms with van der Waals surface area (Å²) in [4.78, 5) is 37.6. The number of carbonyl (C=O) groups is 3. The molecule has 8 nitrogen and oxygen atoms in total. The lowest BCUT2D eigenvalue weighted by Crippen LogP contribution is -2.28. The van der Waals surface area contributed by atoms with Crippen LogP contribution in [0.15, 0.2) is 18.2 Å². The van der Waals surface area contributed by atoms with E-state index < -0.39 is 18.5 Å². The zero-order valence-corrected chi connectivity index (χ0v) is 18.6. The first-order chi connectivity index (χ1) is 14.9. The maximum atomic E-state index is 12.7. The average molecular weight is 447 g/mol. The topological polar surface area (TPSA) is 103 Å². The summed E-state index contributed by atoms with van der Waals surface area (Å²) in [5.41, 5.74) is 2.12. The molecule has 2 amide bonds. The van der Waals surface area contributed by atoms with Crippen LogP contribution in [0.25, 0.3) is 0 Å². The van der Waals surface area contributed by atoms with Crippen molar-refractivity contribution in [1.29, 1.82) is 0 Å². The molecule has 0 atom stereocenters. The standard InChI is InChI=1S/C22H26N2O6S/c1-13(25)24-21-20(15-6-4-5-7-18(15)31-21)22(27)30-12-19(26)23-11-14-8-9-16(28-2)17(10-14)29-3/h8-10H,4-7,11-12H2,1-3H3,(H,23,26)(H,24,25). The highest BCUT2D eigenvalue weighted by atomic mass is 32.1. The van der Waals surface area contributed by atoms with E-state index in [-0.39, 0.29) is 12.5 Å². The quantitative estimate of drug-likeness (QED) is 0.604. The summed E-state index contributed by atoms with van der Waals surface area (Å²) in [7, 11) is 3.09. The Morgan fingerprint density at radius 1 is 1.06 bits per heavy atom. The van der Waals surface area contributed by atoms with Crippen LogP contribution in [0.1, 0.15) is 46.1 Å². The molecule has 1 aliphatic carbocycles. The molecule has 0 saturated carbocycles. The van der Waals surface area contributed by atoms with Gasteiger partial charge in [-0.1, -0.05) is 6.07 Å². The van der Waals surface area contributed by atoms with Gasteiger partial charge in [-0.3, -0.25) is 9.59 Å². The predicted octanol–water partition coefficient (Wildman–Crippen LogP) is 3.08. The zero-order valence-electron chi connectivity index (χ0n) is 17.8. The fourth-order valence-corrected chi connectivity index (χ4v) is 4.80. The van der Waals surface area contributed by atoms with Gasteiger partial charge in [-0.15, -0.1) is 11.3 Å². The first kappa shape index (κ1) is 22.6. The van der Waals surface area contributed by atoms with Crippen LogP contribution in [0, 0.1) is 0 Å². The van der Waals surface area contributed by atoms with E-state index in [4.69, 9.17) is 14.2 Å². The van der Waals surface area contributed by atoms with Crippen LogP contribution in [0.3, 0.4) is 0 Å². The van der Waals surface area contributed by atoms with Gasteiger partial charge in [0.1, 0.15) is 5.00 Å². The van der Waals surface area contributed by atoms with Gasteiger partial charge in [0, 0.05) is 18.3 Å². The molecule has 1 aromatic heterocycles. The van der Waals surface area contributed by atoms with Gasteiger partial charge in [0.15, 0.2) is 18.1 Å². The minimum absolute atomic E-state index is 0.250. The molecule has 2 aromatic rings. The van der Waals surface area contributed by atoms with Crippen LogP contribution in [0.2, 0.25) is 0 Å². The van der Waals surface area contributed by atoms with Crippen LogP contribution in [-0.4, -0.2) is 38.6 Å². The number of ether oxygens (including phenoxy) is 3. The number of amides is 2. The monoisotopic (exact) mass is 446 g/mol. The van der Waals surface area contributed by atoms with Gasteiger partial charge in [0.2, 0.25) is 5.91 Å². The van der Waals surface area contributed by atoms with E-state index in [0.717, 1.165) is 41.7 Å². The highest BCUT2D eigenvalue weighted by molar-refractivity contribution is 7.17. The van der Waals surface area contributed by atoms with Crippen molar-refractivity contribution in [2.75, 3.05) is 26.1 Å². The number of methoxy groups -OCH3 is 2.